The lowest BCUT2D eigenvalue weighted by atomic mass is 9.86. The number of hydrogen-bond donors (Lipinski definition) is 1. The van der Waals surface area contributed by atoms with E-state index in [9.17, 15) is 13.2 Å². The van der Waals surface area contributed by atoms with Crippen molar-refractivity contribution in [3.8, 4) is 0 Å². The Morgan fingerprint density at radius 3 is 2.38 bits per heavy atom. The van der Waals surface area contributed by atoms with E-state index in [4.69, 9.17) is 0 Å². The van der Waals surface area contributed by atoms with Gasteiger partial charge in [0.2, 0.25) is 0 Å². The van der Waals surface area contributed by atoms with E-state index in [-0.39, 0.29) is 6.04 Å². The number of nitrogens with one attached hydrogen (secondary N) is 1. The molecule has 1 fully saturated rings. The SMILES string of the molecule is C[C@H]1CCCC[C@H]1NCC(F)(F)F. The largest absolute Gasteiger partial charge is 0.401 e. The Labute approximate surface area is 76.7 Å². The first-order valence-corrected chi connectivity index (χ1v) is 4.79. The third-order valence-corrected chi connectivity index (χ3v) is 2.68. The van der Waals surface area contributed by atoms with Crippen LogP contribution in [0.2, 0.25) is 0 Å². The normalized spacial score (nSPS) is 30.5. The third-order valence-electron chi connectivity index (χ3n) is 2.68. The van der Waals surface area contributed by atoms with Crippen LogP contribution in [0.1, 0.15) is 32.6 Å². The van der Waals surface area contributed by atoms with Gasteiger partial charge in [-0.15, -0.1) is 0 Å². The van der Waals surface area contributed by atoms with Gasteiger partial charge in [0.05, 0.1) is 6.54 Å². The van der Waals surface area contributed by atoms with Crippen molar-refractivity contribution in [1.82, 2.24) is 5.32 Å². The first kappa shape index (κ1) is 10.8. The first-order valence-electron chi connectivity index (χ1n) is 4.79. The van der Waals surface area contributed by atoms with E-state index in [0.717, 1.165) is 25.7 Å². The summed E-state index contributed by atoms with van der Waals surface area (Å²) >= 11 is 0. The molecule has 1 N–H and O–H groups in total. The van der Waals surface area contributed by atoms with Crippen LogP contribution in [0.25, 0.3) is 0 Å². The highest BCUT2D eigenvalue weighted by atomic mass is 19.4. The molecule has 4 heteroatoms. The van der Waals surface area contributed by atoms with Crippen LogP contribution in [0.4, 0.5) is 13.2 Å². The Kier molecular flexibility index (Phi) is 3.59. The molecule has 0 aromatic carbocycles. The van der Waals surface area contributed by atoms with E-state index in [1.165, 1.54) is 0 Å². The monoisotopic (exact) mass is 195 g/mol. The predicted octanol–water partition coefficient (Wildman–Crippen LogP) is 2.72. The van der Waals surface area contributed by atoms with Crippen LogP contribution in [-0.4, -0.2) is 18.8 Å². The summed E-state index contributed by atoms with van der Waals surface area (Å²) < 4.78 is 35.6. The molecule has 1 rings (SSSR count). The maximum atomic E-state index is 11.9. The van der Waals surface area contributed by atoms with Gasteiger partial charge in [-0.25, -0.2) is 0 Å². The maximum Gasteiger partial charge on any atom is 0.401 e. The highest BCUT2D eigenvalue weighted by Gasteiger charge is 2.30. The quantitative estimate of drug-likeness (QED) is 0.714. The van der Waals surface area contributed by atoms with Gasteiger partial charge in [0.15, 0.2) is 0 Å². The predicted molar refractivity (Wildman–Crippen MR) is 45.5 cm³/mol. The minimum absolute atomic E-state index is 0.0652. The van der Waals surface area contributed by atoms with Gasteiger partial charge < -0.3 is 5.32 Å². The lowest BCUT2D eigenvalue weighted by Gasteiger charge is -2.29. The first-order chi connectivity index (χ1) is 5.99. The fourth-order valence-corrected chi connectivity index (χ4v) is 1.87. The zero-order chi connectivity index (χ0) is 9.90. The second-order valence-electron chi connectivity index (χ2n) is 3.86. The molecular weight excluding hydrogens is 179 g/mol. The van der Waals surface area contributed by atoms with Gasteiger partial charge in [-0.3, -0.25) is 0 Å². The van der Waals surface area contributed by atoms with Gasteiger partial charge in [-0.1, -0.05) is 19.8 Å². The molecular formula is C9H16F3N. The van der Waals surface area contributed by atoms with E-state index in [1.807, 2.05) is 6.92 Å². The van der Waals surface area contributed by atoms with Crippen LogP contribution < -0.4 is 5.32 Å². The molecule has 0 unspecified atom stereocenters. The average molecular weight is 195 g/mol. The molecule has 0 bridgehead atoms. The maximum absolute atomic E-state index is 11.9. The van der Waals surface area contributed by atoms with E-state index in [2.05, 4.69) is 5.32 Å². The van der Waals surface area contributed by atoms with E-state index < -0.39 is 12.7 Å². The lowest BCUT2D eigenvalue weighted by molar-refractivity contribution is -0.127. The molecule has 1 aliphatic carbocycles. The van der Waals surface area contributed by atoms with Gasteiger partial charge in [0.1, 0.15) is 0 Å². The lowest BCUT2D eigenvalue weighted by Crippen LogP contribution is -2.42. The summed E-state index contributed by atoms with van der Waals surface area (Å²) in [4.78, 5) is 0. The number of hydrogen-bond acceptors (Lipinski definition) is 1. The molecule has 0 amide bonds. The van der Waals surface area contributed by atoms with Crippen molar-refractivity contribution >= 4 is 0 Å². The minimum atomic E-state index is -4.07. The smallest absolute Gasteiger partial charge is 0.306 e. The van der Waals surface area contributed by atoms with Gasteiger partial charge in [-0.05, 0) is 18.8 Å². The van der Waals surface area contributed by atoms with Crippen LogP contribution in [-0.2, 0) is 0 Å². The van der Waals surface area contributed by atoms with Crippen molar-refractivity contribution in [2.24, 2.45) is 5.92 Å². The van der Waals surface area contributed by atoms with Crippen LogP contribution in [0, 0.1) is 5.92 Å². The van der Waals surface area contributed by atoms with Crippen LogP contribution >= 0.6 is 0 Å². The molecule has 0 spiro atoms. The van der Waals surface area contributed by atoms with E-state index >= 15 is 0 Å². The zero-order valence-electron chi connectivity index (χ0n) is 7.82. The number of alkyl halides is 3. The summed E-state index contributed by atoms with van der Waals surface area (Å²) in [5, 5.41) is 2.59. The Bertz CT molecular complexity index is 155. The topological polar surface area (TPSA) is 12.0 Å². The van der Waals surface area contributed by atoms with Crippen molar-refractivity contribution in [2.45, 2.75) is 44.8 Å². The van der Waals surface area contributed by atoms with Crippen LogP contribution in [0.15, 0.2) is 0 Å². The van der Waals surface area contributed by atoms with Crippen molar-refractivity contribution < 1.29 is 13.2 Å². The minimum Gasteiger partial charge on any atom is -0.306 e. The molecule has 0 heterocycles. The van der Waals surface area contributed by atoms with Crippen molar-refractivity contribution in [3.63, 3.8) is 0 Å². The van der Waals surface area contributed by atoms with Gasteiger partial charge in [0, 0.05) is 6.04 Å². The summed E-state index contributed by atoms with van der Waals surface area (Å²) in [6.45, 7) is 1.18. The van der Waals surface area contributed by atoms with Gasteiger partial charge >= 0.3 is 6.18 Å². The fourth-order valence-electron chi connectivity index (χ4n) is 1.87. The van der Waals surface area contributed by atoms with Crippen LogP contribution in [0.3, 0.4) is 0 Å². The molecule has 0 aromatic heterocycles. The highest BCUT2D eigenvalue weighted by molar-refractivity contribution is 4.78. The Morgan fingerprint density at radius 2 is 1.85 bits per heavy atom. The van der Waals surface area contributed by atoms with Crippen molar-refractivity contribution in [3.05, 3.63) is 0 Å². The average Bonchev–Trinajstić information content (AvgIpc) is 2.01. The fraction of sp³-hybridized carbons (Fsp3) is 1.00. The number of rotatable bonds is 2. The van der Waals surface area contributed by atoms with Gasteiger partial charge in [-0.2, -0.15) is 13.2 Å². The summed E-state index contributed by atoms with van der Waals surface area (Å²) in [5.41, 5.74) is 0. The molecule has 0 aliphatic heterocycles. The van der Waals surface area contributed by atoms with Crippen molar-refractivity contribution in [1.29, 1.82) is 0 Å². The second-order valence-corrected chi connectivity index (χ2v) is 3.86. The Hall–Kier alpha value is -0.250. The summed E-state index contributed by atoms with van der Waals surface area (Å²) in [7, 11) is 0. The van der Waals surface area contributed by atoms with Crippen LogP contribution in [0.5, 0.6) is 0 Å². The highest BCUT2D eigenvalue weighted by Crippen LogP contribution is 2.24. The molecule has 78 valence electrons. The van der Waals surface area contributed by atoms with E-state index in [1.54, 1.807) is 0 Å². The molecule has 1 aliphatic rings. The summed E-state index contributed by atoms with van der Waals surface area (Å²) in [6.07, 6.45) is 0.0785. The third kappa shape index (κ3) is 3.98. The molecule has 13 heavy (non-hydrogen) atoms. The molecule has 1 saturated carbocycles. The molecule has 0 radical (unpaired) electrons. The standard InChI is InChI=1S/C9H16F3N/c1-7-4-2-3-5-8(7)13-6-9(10,11)12/h7-8,13H,2-6H2,1H3/t7-,8+/m0/s1. The van der Waals surface area contributed by atoms with Gasteiger partial charge in [0.25, 0.3) is 0 Å². The summed E-state index contributed by atoms with van der Waals surface area (Å²) in [5.74, 6) is 0.385. The molecule has 0 saturated heterocycles. The zero-order valence-corrected chi connectivity index (χ0v) is 7.82. The second kappa shape index (κ2) is 4.31. The van der Waals surface area contributed by atoms with E-state index in [0.29, 0.717) is 5.92 Å². The molecule has 2 atom stereocenters. The Balaban J connectivity index is 2.27. The molecule has 1 nitrogen and oxygen atoms in total. The Morgan fingerprint density at radius 1 is 1.23 bits per heavy atom. The number of halogens is 3. The molecule has 0 aromatic rings. The summed E-state index contributed by atoms with van der Waals surface area (Å²) in [6, 6.07) is 0.0652. The van der Waals surface area contributed by atoms with Crippen molar-refractivity contribution in [2.75, 3.05) is 6.54 Å².